The molecule has 8 heteroatoms. The van der Waals surface area contributed by atoms with Crippen molar-refractivity contribution in [1.82, 2.24) is 9.97 Å². The largest absolute Gasteiger partial charge is 0.452 e. The Morgan fingerprint density at radius 1 is 1.12 bits per heavy atom. The van der Waals surface area contributed by atoms with Crippen molar-refractivity contribution in [1.29, 1.82) is 0 Å². The molecule has 1 amide bonds. The summed E-state index contributed by atoms with van der Waals surface area (Å²) in [5, 5.41) is 4.66. The molecule has 2 heterocycles. The van der Waals surface area contributed by atoms with E-state index in [1.807, 2.05) is 0 Å². The van der Waals surface area contributed by atoms with E-state index < -0.39 is 18.5 Å². The van der Waals surface area contributed by atoms with Crippen LogP contribution < -0.4 is 5.32 Å². The number of nitrogens with zero attached hydrogens (tertiary/aromatic N) is 2. The van der Waals surface area contributed by atoms with Crippen LogP contribution in [-0.2, 0) is 9.53 Å². The van der Waals surface area contributed by atoms with Crippen molar-refractivity contribution in [2.75, 3.05) is 11.9 Å². The number of amides is 1. The Kier molecular flexibility index (Phi) is 5.10. The van der Waals surface area contributed by atoms with Crippen molar-refractivity contribution < 1.29 is 18.7 Å². The fourth-order valence-corrected chi connectivity index (χ4v) is 2.68. The highest BCUT2D eigenvalue weighted by atomic mass is 32.1. The number of hydrogen-bond donors (Lipinski definition) is 1. The summed E-state index contributed by atoms with van der Waals surface area (Å²) in [6, 6.07) is 8.88. The lowest BCUT2D eigenvalue weighted by atomic mass is 10.2. The van der Waals surface area contributed by atoms with Gasteiger partial charge in [-0.15, -0.1) is 11.3 Å². The Hall–Kier alpha value is -3.13. The van der Waals surface area contributed by atoms with Crippen LogP contribution in [0.4, 0.5) is 9.52 Å². The zero-order valence-corrected chi connectivity index (χ0v) is 13.6. The molecule has 25 heavy (non-hydrogen) atoms. The summed E-state index contributed by atoms with van der Waals surface area (Å²) in [7, 11) is 0. The number of halogens is 1. The van der Waals surface area contributed by atoms with Crippen LogP contribution in [0.3, 0.4) is 0 Å². The maximum atomic E-state index is 12.9. The number of benzene rings is 1. The Labute approximate surface area is 146 Å². The van der Waals surface area contributed by atoms with E-state index in [9.17, 15) is 14.0 Å². The van der Waals surface area contributed by atoms with Gasteiger partial charge in [0.15, 0.2) is 11.7 Å². The van der Waals surface area contributed by atoms with Gasteiger partial charge in [-0.25, -0.2) is 14.2 Å². The first-order valence-electron chi connectivity index (χ1n) is 7.20. The third kappa shape index (κ3) is 4.45. The second-order valence-corrected chi connectivity index (χ2v) is 5.76. The van der Waals surface area contributed by atoms with Crippen molar-refractivity contribution in [2.45, 2.75) is 0 Å². The number of nitrogens with one attached hydrogen (secondary N) is 1. The van der Waals surface area contributed by atoms with E-state index in [1.165, 1.54) is 48.0 Å². The first-order chi connectivity index (χ1) is 12.1. The van der Waals surface area contributed by atoms with E-state index >= 15 is 0 Å². The van der Waals surface area contributed by atoms with E-state index in [0.717, 1.165) is 5.56 Å². The molecule has 1 aromatic carbocycles. The Morgan fingerprint density at radius 3 is 2.56 bits per heavy atom. The van der Waals surface area contributed by atoms with Crippen LogP contribution in [0.15, 0.2) is 54.2 Å². The van der Waals surface area contributed by atoms with E-state index in [0.29, 0.717) is 16.4 Å². The number of pyridine rings is 1. The molecular formula is C17H12FN3O3S. The number of rotatable bonds is 5. The summed E-state index contributed by atoms with van der Waals surface area (Å²) in [5.74, 6) is -1.44. The highest BCUT2D eigenvalue weighted by Crippen LogP contribution is 2.24. The minimum atomic E-state index is -0.608. The number of aromatic nitrogens is 2. The number of ether oxygens (including phenoxy) is 1. The second-order valence-electron chi connectivity index (χ2n) is 4.90. The fraction of sp³-hybridized carbons (Fsp3) is 0.0588. The minimum absolute atomic E-state index is 0.315. The molecule has 2 aromatic heterocycles. The van der Waals surface area contributed by atoms with Crippen molar-refractivity contribution in [3.63, 3.8) is 0 Å². The smallest absolute Gasteiger partial charge is 0.338 e. The molecule has 3 rings (SSSR count). The third-order valence-electron chi connectivity index (χ3n) is 3.14. The molecule has 3 aromatic rings. The van der Waals surface area contributed by atoms with Gasteiger partial charge >= 0.3 is 5.97 Å². The summed E-state index contributed by atoms with van der Waals surface area (Å²) in [6.45, 7) is -0.424. The maximum Gasteiger partial charge on any atom is 0.338 e. The van der Waals surface area contributed by atoms with Crippen molar-refractivity contribution >= 4 is 28.3 Å². The topological polar surface area (TPSA) is 81.2 Å². The number of hydrogen-bond acceptors (Lipinski definition) is 6. The molecule has 0 atom stereocenters. The van der Waals surface area contributed by atoms with E-state index in [1.54, 1.807) is 17.5 Å². The number of esters is 1. The average Bonchev–Trinajstić information content (AvgIpc) is 3.09. The number of carbonyl (C=O) groups is 2. The SMILES string of the molecule is O=C(COC(=O)c1ccncc1)Nc1nc(-c2ccc(F)cc2)cs1. The van der Waals surface area contributed by atoms with Gasteiger partial charge in [0, 0.05) is 23.3 Å². The average molecular weight is 357 g/mol. The standard InChI is InChI=1S/C17H12FN3O3S/c18-13-3-1-11(2-4-13)14-10-25-17(20-14)21-15(22)9-24-16(23)12-5-7-19-8-6-12/h1-8,10H,9H2,(H,20,21,22). The van der Waals surface area contributed by atoms with E-state index in [-0.39, 0.29) is 5.82 Å². The van der Waals surface area contributed by atoms with Gasteiger partial charge in [0.2, 0.25) is 0 Å². The van der Waals surface area contributed by atoms with Gasteiger partial charge in [0.25, 0.3) is 5.91 Å². The third-order valence-corrected chi connectivity index (χ3v) is 3.90. The molecule has 0 saturated carbocycles. The number of thiazole rings is 1. The van der Waals surface area contributed by atoms with Crippen molar-refractivity contribution in [2.24, 2.45) is 0 Å². The monoisotopic (exact) mass is 357 g/mol. The molecule has 0 spiro atoms. The van der Waals surface area contributed by atoms with Crippen LogP contribution in [0, 0.1) is 5.82 Å². The Balaban J connectivity index is 1.55. The van der Waals surface area contributed by atoms with Gasteiger partial charge in [-0.3, -0.25) is 15.1 Å². The normalized spacial score (nSPS) is 10.3. The van der Waals surface area contributed by atoms with Crippen LogP contribution in [0.2, 0.25) is 0 Å². The maximum absolute atomic E-state index is 12.9. The Bertz CT molecular complexity index is 882. The molecule has 0 radical (unpaired) electrons. The summed E-state index contributed by atoms with van der Waals surface area (Å²) < 4.78 is 17.9. The lowest BCUT2D eigenvalue weighted by Gasteiger charge is -2.04. The molecule has 0 fully saturated rings. The van der Waals surface area contributed by atoms with Crippen LogP contribution in [0.1, 0.15) is 10.4 Å². The first-order valence-corrected chi connectivity index (χ1v) is 8.08. The minimum Gasteiger partial charge on any atom is -0.452 e. The molecule has 0 unspecified atom stereocenters. The molecular weight excluding hydrogens is 345 g/mol. The number of anilines is 1. The highest BCUT2D eigenvalue weighted by molar-refractivity contribution is 7.14. The lowest BCUT2D eigenvalue weighted by molar-refractivity contribution is -0.119. The van der Waals surface area contributed by atoms with Crippen molar-refractivity contribution in [3.05, 3.63) is 65.6 Å². The van der Waals surface area contributed by atoms with E-state index in [2.05, 4.69) is 15.3 Å². The van der Waals surface area contributed by atoms with Crippen molar-refractivity contribution in [3.8, 4) is 11.3 Å². The van der Waals surface area contributed by atoms with Gasteiger partial charge in [0.05, 0.1) is 11.3 Å². The molecule has 0 aliphatic heterocycles. The zero-order valence-electron chi connectivity index (χ0n) is 12.8. The van der Waals surface area contributed by atoms with Gasteiger partial charge in [-0.1, -0.05) is 0 Å². The summed E-state index contributed by atoms with van der Waals surface area (Å²) in [5.41, 5.74) is 1.67. The molecule has 0 aliphatic carbocycles. The van der Waals surface area contributed by atoms with Crippen LogP contribution >= 0.6 is 11.3 Å². The molecule has 1 N–H and O–H groups in total. The molecule has 6 nitrogen and oxygen atoms in total. The summed E-state index contributed by atoms with van der Waals surface area (Å²) >= 11 is 1.22. The number of carbonyl (C=O) groups excluding carboxylic acids is 2. The molecule has 126 valence electrons. The predicted molar refractivity (Wildman–Crippen MR) is 90.7 cm³/mol. The quantitative estimate of drug-likeness (QED) is 0.710. The van der Waals surface area contributed by atoms with Gasteiger partial charge in [-0.2, -0.15) is 0 Å². The molecule has 0 bridgehead atoms. The lowest BCUT2D eigenvalue weighted by Crippen LogP contribution is -2.20. The van der Waals surface area contributed by atoms with Gasteiger partial charge < -0.3 is 4.74 Å². The van der Waals surface area contributed by atoms with Crippen LogP contribution in [0.5, 0.6) is 0 Å². The van der Waals surface area contributed by atoms with Gasteiger partial charge in [0.1, 0.15) is 5.82 Å². The van der Waals surface area contributed by atoms with Gasteiger partial charge in [-0.05, 0) is 36.4 Å². The van der Waals surface area contributed by atoms with Crippen LogP contribution in [-0.4, -0.2) is 28.5 Å². The molecule has 0 aliphatic rings. The zero-order chi connectivity index (χ0) is 17.6. The fourth-order valence-electron chi connectivity index (χ4n) is 1.94. The summed E-state index contributed by atoms with van der Waals surface area (Å²) in [4.78, 5) is 31.6. The molecule has 0 saturated heterocycles. The second kappa shape index (κ2) is 7.63. The Morgan fingerprint density at radius 2 is 1.84 bits per heavy atom. The highest BCUT2D eigenvalue weighted by Gasteiger charge is 2.12. The summed E-state index contributed by atoms with van der Waals surface area (Å²) in [6.07, 6.45) is 2.92. The predicted octanol–water partition coefficient (Wildman–Crippen LogP) is 3.14. The van der Waals surface area contributed by atoms with Crippen LogP contribution in [0.25, 0.3) is 11.3 Å². The first kappa shape index (κ1) is 16.7. The van der Waals surface area contributed by atoms with E-state index in [4.69, 9.17) is 4.74 Å².